The smallest absolute Gasteiger partial charge is 0.335 e. The van der Waals surface area contributed by atoms with Gasteiger partial charge in [0, 0.05) is 25.0 Å². The minimum absolute atomic E-state index is 0.109. The summed E-state index contributed by atoms with van der Waals surface area (Å²) in [5, 5.41) is 59.3. The Hall–Kier alpha value is -4.55. The number of phenolic OH excluding ortho intramolecular Hbond substituents is 3. The van der Waals surface area contributed by atoms with Crippen molar-refractivity contribution in [2.24, 2.45) is 0 Å². The Labute approximate surface area is 216 Å². The van der Waals surface area contributed by atoms with Gasteiger partial charge in [0.15, 0.2) is 28.6 Å². The molecule has 12 nitrogen and oxygen atoms in total. The van der Waals surface area contributed by atoms with Crippen LogP contribution in [0.3, 0.4) is 0 Å². The van der Waals surface area contributed by atoms with Gasteiger partial charge in [0.05, 0.1) is 7.11 Å². The fraction of sp³-hybridized carbons (Fsp3) is 0.269. The number of aromatic hydroxyl groups is 3. The lowest BCUT2D eigenvalue weighted by molar-refractivity contribution is -0.203. The van der Waals surface area contributed by atoms with E-state index in [0.717, 1.165) is 12.2 Å². The van der Waals surface area contributed by atoms with Gasteiger partial charge in [0.2, 0.25) is 0 Å². The van der Waals surface area contributed by atoms with E-state index in [9.17, 15) is 45.0 Å². The molecular formula is C26H26O12. The van der Waals surface area contributed by atoms with E-state index in [2.05, 4.69) is 0 Å². The van der Waals surface area contributed by atoms with Crippen molar-refractivity contribution in [3.05, 3.63) is 59.7 Å². The molecule has 0 saturated heterocycles. The molecule has 0 bridgehead atoms. The standard InChI is InChI=1S/C26H26O12/c1-36-19-11-15(3-7-17(19)28)5-9-23(31)38-21-13-26(35,25(33)34)12-20(24(21)32)37-22(30)8-4-14-2-6-16(27)18(29)10-14/h2-11,20-21,24,27-29,32,35H,12-13H2,1H3,(H,33,34)/b8-4+,9-5+/t20-,21-,24+,26-/m1/s1. The van der Waals surface area contributed by atoms with Crippen molar-refractivity contribution in [3.8, 4) is 23.0 Å². The maximum absolute atomic E-state index is 12.4. The first-order valence-electron chi connectivity index (χ1n) is 11.2. The first kappa shape index (κ1) is 28.0. The van der Waals surface area contributed by atoms with E-state index in [4.69, 9.17) is 14.2 Å². The number of hydrogen-bond acceptors (Lipinski definition) is 11. The van der Waals surface area contributed by atoms with Crippen LogP contribution < -0.4 is 4.74 Å². The highest BCUT2D eigenvalue weighted by Crippen LogP contribution is 2.33. The van der Waals surface area contributed by atoms with Gasteiger partial charge in [-0.05, 0) is 47.5 Å². The van der Waals surface area contributed by atoms with Crippen molar-refractivity contribution < 1.29 is 59.2 Å². The summed E-state index contributed by atoms with van der Waals surface area (Å²) in [6, 6.07) is 8.05. The molecule has 0 spiro atoms. The molecule has 0 aromatic heterocycles. The third-order valence-corrected chi connectivity index (χ3v) is 5.80. The maximum atomic E-state index is 12.4. The number of carbonyl (C=O) groups is 3. The van der Waals surface area contributed by atoms with Crippen molar-refractivity contribution in [1.82, 2.24) is 0 Å². The highest BCUT2D eigenvalue weighted by Gasteiger charge is 2.52. The van der Waals surface area contributed by atoms with E-state index in [1.807, 2.05) is 0 Å². The fourth-order valence-corrected chi connectivity index (χ4v) is 3.77. The summed E-state index contributed by atoms with van der Waals surface area (Å²) in [5.74, 6) is -4.37. The van der Waals surface area contributed by atoms with E-state index in [0.29, 0.717) is 11.1 Å². The van der Waals surface area contributed by atoms with Gasteiger partial charge in [-0.2, -0.15) is 0 Å². The molecule has 1 aliphatic carbocycles. The minimum Gasteiger partial charge on any atom is -0.504 e. The van der Waals surface area contributed by atoms with Crippen LogP contribution in [-0.2, 0) is 23.9 Å². The third kappa shape index (κ3) is 6.81. The number of aliphatic hydroxyl groups is 2. The van der Waals surface area contributed by atoms with Gasteiger partial charge in [-0.3, -0.25) is 0 Å². The molecule has 0 amide bonds. The van der Waals surface area contributed by atoms with Crippen molar-refractivity contribution >= 4 is 30.1 Å². The predicted octanol–water partition coefficient (Wildman–Crippen LogP) is 1.33. The summed E-state index contributed by atoms with van der Waals surface area (Å²) in [5.41, 5.74) is -1.67. The Morgan fingerprint density at radius 2 is 1.34 bits per heavy atom. The zero-order valence-corrected chi connectivity index (χ0v) is 20.1. The molecule has 0 radical (unpaired) electrons. The zero-order chi connectivity index (χ0) is 28.0. The minimum atomic E-state index is -2.46. The number of aliphatic hydroxyl groups excluding tert-OH is 1. The number of carboxylic acids is 1. The predicted molar refractivity (Wildman–Crippen MR) is 130 cm³/mol. The molecule has 2 aromatic carbocycles. The third-order valence-electron chi connectivity index (χ3n) is 5.80. The average molecular weight is 530 g/mol. The molecule has 3 rings (SSSR count). The van der Waals surface area contributed by atoms with Crippen molar-refractivity contribution in [1.29, 1.82) is 0 Å². The summed E-state index contributed by atoms with van der Waals surface area (Å²) >= 11 is 0. The summed E-state index contributed by atoms with van der Waals surface area (Å²) in [7, 11) is 1.35. The molecule has 0 heterocycles. The lowest BCUT2D eigenvalue weighted by Gasteiger charge is -2.40. The fourth-order valence-electron chi connectivity index (χ4n) is 3.77. The van der Waals surface area contributed by atoms with E-state index in [1.165, 1.54) is 55.7 Å². The monoisotopic (exact) mass is 530 g/mol. The Morgan fingerprint density at radius 1 is 0.842 bits per heavy atom. The van der Waals surface area contributed by atoms with Crippen LogP contribution in [0.1, 0.15) is 24.0 Å². The first-order chi connectivity index (χ1) is 17.9. The van der Waals surface area contributed by atoms with E-state index >= 15 is 0 Å². The molecule has 4 atom stereocenters. The second-order valence-electron chi connectivity index (χ2n) is 8.53. The van der Waals surface area contributed by atoms with Crippen LogP contribution in [0, 0.1) is 0 Å². The van der Waals surface area contributed by atoms with Gasteiger partial charge >= 0.3 is 17.9 Å². The molecule has 6 N–H and O–H groups in total. The highest BCUT2D eigenvalue weighted by molar-refractivity contribution is 5.88. The number of rotatable bonds is 8. The van der Waals surface area contributed by atoms with Gasteiger partial charge in [-0.15, -0.1) is 0 Å². The molecule has 12 heteroatoms. The van der Waals surface area contributed by atoms with Crippen LogP contribution in [-0.4, -0.2) is 79.6 Å². The number of carbonyl (C=O) groups excluding carboxylic acids is 2. The number of carboxylic acid groups (broad SMARTS) is 1. The van der Waals surface area contributed by atoms with Gasteiger partial charge in [-0.25, -0.2) is 14.4 Å². The second kappa shape index (κ2) is 11.7. The Bertz CT molecular complexity index is 1270. The quantitative estimate of drug-likeness (QED) is 0.163. The Morgan fingerprint density at radius 3 is 1.82 bits per heavy atom. The molecule has 1 fully saturated rings. The molecule has 38 heavy (non-hydrogen) atoms. The van der Waals surface area contributed by atoms with Gasteiger partial charge in [0.1, 0.15) is 18.3 Å². The van der Waals surface area contributed by atoms with Gasteiger partial charge in [0.25, 0.3) is 0 Å². The van der Waals surface area contributed by atoms with Crippen LogP contribution in [0.4, 0.5) is 0 Å². The SMILES string of the molecule is COc1cc(/C=C/C(=O)O[C@@H]2C[C@@](O)(C(=O)O)C[C@@H](OC(=O)/C=C/c3ccc(O)c(O)c3)[C@@H]2O)ccc1O. The normalized spacial score (nSPS) is 23.3. The van der Waals surface area contributed by atoms with Crippen LogP contribution >= 0.6 is 0 Å². The Balaban J connectivity index is 1.71. The van der Waals surface area contributed by atoms with Crippen LogP contribution in [0.2, 0.25) is 0 Å². The maximum Gasteiger partial charge on any atom is 0.335 e. The topological polar surface area (TPSA) is 200 Å². The number of benzene rings is 2. The zero-order valence-electron chi connectivity index (χ0n) is 20.1. The van der Waals surface area contributed by atoms with Crippen LogP contribution in [0.5, 0.6) is 23.0 Å². The number of esters is 2. The second-order valence-corrected chi connectivity index (χ2v) is 8.53. The number of ether oxygens (including phenoxy) is 3. The van der Waals surface area contributed by atoms with E-state index < -0.39 is 60.4 Å². The summed E-state index contributed by atoms with van der Waals surface area (Å²) in [4.78, 5) is 36.4. The molecule has 0 aliphatic heterocycles. The van der Waals surface area contributed by atoms with Gasteiger partial charge in [-0.1, -0.05) is 12.1 Å². The van der Waals surface area contributed by atoms with Crippen molar-refractivity contribution in [3.63, 3.8) is 0 Å². The molecule has 2 aromatic rings. The van der Waals surface area contributed by atoms with Crippen molar-refractivity contribution in [2.75, 3.05) is 7.11 Å². The van der Waals surface area contributed by atoms with Gasteiger partial charge < -0.3 is 44.8 Å². The number of methoxy groups -OCH3 is 1. The van der Waals surface area contributed by atoms with E-state index in [1.54, 1.807) is 0 Å². The molecular weight excluding hydrogens is 504 g/mol. The first-order valence-corrected chi connectivity index (χ1v) is 11.2. The molecule has 1 saturated carbocycles. The van der Waals surface area contributed by atoms with Crippen LogP contribution in [0.25, 0.3) is 12.2 Å². The summed E-state index contributed by atoms with van der Waals surface area (Å²) < 4.78 is 15.3. The molecule has 0 unspecified atom stereocenters. The van der Waals surface area contributed by atoms with Crippen molar-refractivity contribution in [2.45, 2.75) is 36.8 Å². The lowest BCUT2D eigenvalue weighted by atomic mass is 9.79. The number of phenols is 3. The summed E-state index contributed by atoms with van der Waals surface area (Å²) in [6.45, 7) is 0. The van der Waals surface area contributed by atoms with E-state index in [-0.39, 0.29) is 17.2 Å². The molecule has 202 valence electrons. The highest BCUT2D eigenvalue weighted by atomic mass is 16.6. The Kier molecular flexibility index (Phi) is 8.61. The number of hydrogen-bond donors (Lipinski definition) is 6. The molecule has 1 aliphatic rings. The largest absolute Gasteiger partial charge is 0.504 e. The lowest BCUT2D eigenvalue weighted by Crippen LogP contribution is -2.58. The average Bonchev–Trinajstić information content (AvgIpc) is 2.87. The van der Waals surface area contributed by atoms with Crippen LogP contribution in [0.15, 0.2) is 48.6 Å². The summed E-state index contributed by atoms with van der Waals surface area (Å²) in [6.07, 6.45) is -1.58. The number of aliphatic carboxylic acids is 1.